The number of nitrogens with zero attached hydrogens (tertiary/aromatic N) is 2. The summed E-state index contributed by atoms with van der Waals surface area (Å²) in [6.07, 6.45) is 5.50. The first-order chi connectivity index (χ1) is 16.9. The summed E-state index contributed by atoms with van der Waals surface area (Å²) in [5.74, 6) is 1.23. The molecule has 3 N–H and O–H groups in total. The Morgan fingerprint density at radius 1 is 1.17 bits per heavy atom. The van der Waals surface area contributed by atoms with E-state index in [-0.39, 0.29) is 5.75 Å². The second-order valence-corrected chi connectivity index (χ2v) is 11.0. The van der Waals surface area contributed by atoms with Crippen molar-refractivity contribution in [2.45, 2.75) is 38.6 Å². The van der Waals surface area contributed by atoms with Crippen LogP contribution >= 0.6 is 11.6 Å². The number of sulfonamides is 1. The van der Waals surface area contributed by atoms with E-state index < -0.39 is 10.0 Å². The van der Waals surface area contributed by atoms with Gasteiger partial charge in [-0.15, -0.1) is 0 Å². The van der Waals surface area contributed by atoms with Gasteiger partial charge in [0.25, 0.3) is 0 Å². The highest BCUT2D eigenvalue weighted by Crippen LogP contribution is 2.45. The van der Waals surface area contributed by atoms with E-state index in [1.54, 1.807) is 30.5 Å². The van der Waals surface area contributed by atoms with Gasteiger partial charge in [-0.2, -0.15) is 0 Å². The molecule has 0 radical (unpaired) electrons. The number of pyridine rings is 1. The number of nitrogens with two attached hydrogens (primary N) is 1. The second kappa shape index (κ2) is 9.43. The lowest BCUT2D eigenvalue weighted by Gasteiger charge is -2.30. The number of benzene rings is 2. The van der Waals surface area contributed by atoms with Crippen molar-refractivity contribution in [1.82, 2.24) is 9.55 Å². The van der Waals surface area contributed by atoms with Crippen LogP contribution in [-0.2, 0) is 10.0 Å². The number of nitrogen functional groups attached to an aromatic ring is 1. The van der Waals surface area contributed by atoms with E-state index in [2.05, 4.69) is 14.3 Å². The van der Waals surface area contributed by atoms with Gasteiger partial charge in [-0.3, -0.25) is 4.72 Å². The van der Waals surface area contributed by atoms with Crippen LogP contribution in [0.2, 0.25) is 5.15 Å². The minimum absolute atomic E-state index is 0.0896. The molecule has 0 amide bonds. The van der Waals surface area contributed by atoms with E-state index in [0.29, 0.717) is 40.5 Å². The highest BCUT2D eigenvalue weighted by Gasteiger charge is 2.27. The van der Waals surface area contributed by atoms with Gasteiger partial charge in [-0.05, 0) is 62.1 Å². The minimum atomic E-state index is -3.35. The Balaban J connectivity index is 1.55. The zero-order valence-electron chi connectivity index (χ0n) is 19.4. The number of halogens is 1. The number of hydrogen-bond donors (Lipinski definition) is 2. The van der Waals surface area contributed by atoms with Crippen LogP contribution < -0.4 is 15.2 Å². The van der Waals surface area contributed by atoms with Crippen LogP contribution in [0.5, 0.6) is 11.5 Å². The summed E-state index contributed by atoms with van der Waals surface area (Å²) >= 11 is 6.18. The Labute approximate surface area is 209 Å². The topological polar surface area (TPSA) is 99.2 Å². The fourth-order valence-corrected chi connectivity index (χ4v) is 5.76. The van der Waals surface area contributed by atoms with E-state index in [9.17, 15) is 8.42 Å². The van der Waals surface area contributed by atoms with Crippen LogP contribution in [0.15, 0.2) is 60.8 Å². The van der Waals surface area contributed by atoms with Gasteiger partial charge < -0.3 is 15.0 Å². The molecule has 2 aromatic carbocycles. The van der Waals surface area contributed by atoms with Crippen LogP contribution in [0.25, 0.3) is 22.2 Å². The van der Waals surface area contributed by atoms with Gasteiger partial charge in [-0.1, -0.05) is 30.7 Å². The molecule has 9 heteroatoms. The van der Waals surface area contributed by atoms with Crippen molar-refractivity contribution in [2.24, 2.45) is 0 Å². The van der Waals surface area contributed by atoms with Crippen molar-refractivity contribution in [3.63, 3.8) is 0 Å². The number of rotatable bonds is 8. The Bertz CT molecular complexity index is 1480. The van der Waals surface area contributed by atoms with Crippen molar-refractivity contribution in [1.29, 1.82) is 0 Å². The Hall–Kier alpha value is -3.23. The molecule has 1 fully saturated rings. The van der Waals surface area contributed by atoms with Gasteiger partial charge in [0.05, 0.1) is 22.7 Å². The molecule has 4 aromatic rings. The van der Waals surface area contributed by atoms with E-state index in [0.717, 1.165) is 35.0 Å². The first-order valence-electron chi connectivity index (χ1n) is 11.7. The van der Waals surface area contributed by atoms with Crippen molar-refractivity contribution < 1.29 is 13.2 Å². The van der Waals surface area contributed by atoms with Crippen molar-refractivity contribution >= 4 is 43.9 Å². The third-order valence-electron chi connectivity index (χ3n) is 6.31. The molecule has 7 nitrogen and oxygen atoms in total. The van der Waals surface area contributed by atoms with E-state index in [4.69, 9.17) is 22.1 Å². The molecule has 0 spiro atoms. The molecule has 1 aliphatic carbocycles. The number of aromatic nitrogens is 2. The number of nitrogens with one attached hydrogen (secondary N) is 1. The molecule has 182 valence electrons. The van der Waals surface area contributed by atoms with Gasteiger partial charge in [-0.25, -0.2) is 13.4 Å². The third-order valence-corrected chi connectivity index (χ3v) is 8.09. The second-order valence-electron chi connectivity index (χ2n) is 8.79. The van der Waals surface area contributed by atoms with Crippen molar-refractivity contribution in [3.05, 3.63) is 65.9 Å². The average molecular weight is 511 g/mol. The number of fused-ring (bicyclic) bond motifs is 1. The van der Waals surface area contributed by atoms with E-state index in [1.807, 2.05) is 37.3 Å². The standard InChI is InChI=1S/C26H27ClN4O3S/c1-2-15-35(32,33)30-18-10-8-17(9-11-18)25-24(28)21-13-12-20(34-23-7-4-14-29-26(23)27)16-22(21)31(25)19-5-3-6-19/h4,7-14,16,19,30H,2-3,5-6,15,28H2,1H3. The summed E-state index contributed by atoms with van der Waals surface area (Å²) in [5.41, 5.74) is 10.8. The summed E-state index contributed by atoms with van der Waals surface area (Å²) in [5, 5.41) is 1.25. The lowest BCUT2D eigenvalue weighted by molar-refractivity contribution is 0.324. The summed E-state index contributed by atoms with van der Waals surface area (Å²) < 4.78 is 35.2. The summed E-state index contributed by atoms with van der Waals surface area (Å²) in [6.45, 7) is 1.84. The van der Waals surface area contributed by atoms with Crippen LogP contribution in [-0.4, -0.2) is 23.7 Å². The summed E-state index contributed by atoms with van der Waals surface area (Å²) in [6, 6.07) is 17.1. The Morgan fingerprint density at radius 3 is 2.60 bits per heavy atom. The first-order valence-corrected chi connectivity index (χ1v) is 13.7. The van der Waals surface area contributed by atoms with E-state index in [1.165, 1.54) is 6.42 Å². The fourth-order valence-electron chi connectivity index (χ4n) is 4.47. The van der Waals surface area contributed by atoms with Crippen LogP contribution in [0.3, 0.4) is 0 Å². The quantitative estimate of drug-likeness (QED) is 0.260. The monoisotopic (exact) mass is 510 g/mol. The maximum atomic E-state index is 12.1. The van der Waals surface area contributed by atoms with Gasteiger partial charge in [0.1, 0.15) is 5.75 Å². The van der Waals surface area contributed by atoms with Gasteiger partial charge >= 0.3 is 0 Å². The predicted octanol–water partition coefficient (Wildman–Crippen LogP) is 6.61. The van der Waals surface area contributed by atoms with Crippen LogP contribution in [0.4, 0.5) is 11.4 Å². The number of hydrogen-bond acceptors (Lipinski definition) is 5. The first kappa shape index (κ1) is 23.5. The fraction of sp³-hybridized carbons (Fsp3) is 0.269. The SMILES string of the molecule is CCCS(=O)(=O)Nc1ccc(-c2c(N)c3ccc(Oc4cccnc4Cl)cc3n2C2CCC2)cc1. The molecule has 0 unspecified atom stereocenters. The molecule has 0 atom stereocenters. The average Bonchev–Trinajstić information content (AvgIpc) is 3.06. The minimum Gasteiger partial charge on any atom is -0.454 e. The maximum absolute atomic E-state index is 12.1. The Kier molecular flexibility index (Phi) is 6.34. The predicted molar refractivity (Wildman–Crippen MR) is 142 cm³/mol. The molecule has 0 bridgehead atoms. The van der Waals surface area contributed by atoms with Crippen LogP contribution in [0.1, 0.15) is 38.6 Å². The molecular formula is C26H27ClN4O3S. The third kappa shape index (κ3) is 4.68. The molecule has 35 heavy (non-hydrogen) atoms. The molecular weight excluding hydrogens is 484 g/mol. The normalized spacial score (nSPS) is 14.1. The number of anilines is 2. The molecule has 0 aliphatic heterocycles. The largest absolute Gasteiger partial charge is 0.454 e. The molecule has 1 saturated carbocycles. The summed E-state index contributed by atoms with van der Waals surface area (Å²) in [4.78, 5) is 4.08. The highest BCUT2D eigenvalue weighted by molar-refractivity contribution is 7.92. The van der Waals surface area contributed by atoms with Gasteiger partial charge in [0.15, 0.2) is 10.9 Å². The van der Waals surface area contributed by atoms with Gasteiger partial charge in [0.2, 0.25) is 10.0 Å². The Morgan fingerprint density at radius 2 is 1.94 bits per heavy atom. The van der Waals surface area contributed by atoms with Crippen LogP contribution in [0, 0.1) is 0 Å². The van der Waals surface area contributed by atoms with Crippen molar-refractivity contribution in [2.75, 3.05) is 16.2 Å². The lowest BCUT2D eigenvalue weighted by atomic mass is 9.92. The maximum Gasteiger partial charge on any atom is 0.232 e. The van der Waals surface area contributed by atoms with E-state index >= 15 is 0 Å². The zero-order valence-corrected chi connectivity index (χ0v) is 20.9. The summed E-state index contributed by atoms with van der Waals surface area (Å²) in [7, 11) is -3.35. The van der Waals surface area contributed by atoms with Crippen molar-refractivity contribution in [3.8, 4) is 22.8 Å². The molecule has 2 aromatic heterocycles. The number of ether oxygens (including phenoxy) is 1. The van der Waals surface area contributed by atoms with Gasteiger partial charge in [0, 0.05) is 34.9 Å². The zero-order chi connectivity index (χ0) is 24.6. The molecule has 0 saturated heterocycles. The highest BCUT2D eigenvalue weighted by atomic mass is 35.5. The molecule has 2 heterocycles. The smallest absolute Gasteiger partial charge is 0.232 e. The molecule has 5 rings (SSSR count). The molecule has 1 aliphatic rings. The lowest BCUT2D eigenvalue weighted by Crippen LogP contribution is -2.18.